The van der Waals surface area contributed by atoms with Crippen LogP contribution in [0.2, 0.25) is 0 Å². The smallest absolute Gasteiger partial charge is 0.306 e. The van der Waals surface area contributed by atoms with Crippen LogP contribution in [0.3, 0.4) is 0 Å². The molecule has 4 aromatic rings. The molecule has 6 nitrogen and oxygen atoms in total. The van der Waals surface area contributed by atoms with Gasteiger partial charge in [0.15, 0.2) is 5.82 Å². The fourth-order valence-corrected chi connectivity index (χ4v) is 3.20. The molecule has 0 saturated carbocycles. The van der Waals surface area contributed by atoms with Crippen LogP contribution in [0.15, 0.2) is 54.2 Å². The minimum absolute atomic E-state index is 0.0191. The standard InChI is InChI=1S/C18H10F3N5OS/c19-18(20,21)13-5-4-10(9-23-13)16(27)25-14-11-6-8-28-17(11)26-15(24-14)12-3-1-2-7-22-12/h1-9H,(H,24,25,26,27). The van der Waals surface area contributed by atoms with E-state index in [-0.39, 0.29) is 11.4 Å². The molecule has 0 bridgehead atoms. The molecule has 0 aliphatic heterocycles. The monoisotopic (exact) mass is 401 g/mol. The summed E-state index contributed by atoms with van der Waals surface area (Å²) in [5.74, 6) is -0.0485. The Morgan fingerprint density at radius 3 is 2.57 bits per heavy atom. The number of amides is 1. The number of hydrogen-bond donors (Lipinski definition) is 1. The summed E-state index contributed by atoms with van der Waals surface area (Å²) in [6, 6.07) is 8.86. The molecule has 0 unspecified atom stereocenters. The number of anilines is 1. The Labute approximate surface area is 160 Å². The number of halogens is 3. The van der Waals surface area contributed by atoms with Crippen LogP contribution in [0, 0.1) is 0 Å². The second-order valence-electron chi connectivity index (χ2n) is 5.63. The molecule has 0 aliphatic carbocycles. The van der Waals surface area contributed by atoms with Crippen LogP contribution in [-0.4, -0.2) is 25.8 Å². The minimum atomic E-state index is -4.57. The van der Waals surface area contributed by atoms with E-state index in [2.05, 4.69) is 25.3 Å². The van der Waals surface area contributed by atoms with Gasteiger partial charge in [-0.25, -0.2) is 9.97 Å². The van der Waals surface area contributed by atoms with Gasteiger partial charge in [-0.1, -0.05) is 6.07 Å². The Hall–Kier alpha value is -3.40. The average Bonchev–Trinajstić information content (AvgIpc) is 3.17. The first-order valence-electron chi connectivity index (χ1n) is 7.93. The first kappa shape index (κ1) is 18.0. The van der Waals surface area contributed by atoms with Crippen molar-refractivity contribution in [2.24, 2.45) is 0 Å². The van der Waals surface area contributed by atoms with E-state index in [1.165, 1.54) is 11.3 Å². The molecule has 1 N–H and O–H groups in total. The van der Waals surface area contributed by atoms with Gasteiger partial charge in [0.1, 0.15) is 22.0 Å². The van der Waals surface area contributed by atoms with Crippen LogP contribution in [0.5, 0.6) is 0 Å². The zero-order valence-corrected chi connectivity index (χ0v) is 14.8. The van der Waals surface area contributed by atoms with Crippen molar-refractivity contribution in [2.75, 3.05) is 5.32 Å². The Bertz CT molecular complexity index is 1140. The molecule has 0 fully saturated rings. The van der Waals surface area contributed by atoms with Gasteiger partial charge in [0, 0.05) is 12.4 Å². The number of carbonyl (C=O) groups is 1. The van der Waals surface area contributed by atoms with E-state index >= 15 is 0 Å². The lowest BCUT2D eigenvalue weighted by molar-refractivity contribution is -0.141. The fourth-order valence-electron chi connectivity index (χ4n) is 2.44. The van der Waals surface area contributed by atoms with E-state index in [4.69, 9.17) is 0 Å². The second-order valence-corrected chi connectivity index (χ2v) is 6.53. The SMILES string of the molecule is O=C(Nc1nc(-c2ccccn2)nc2sccc12)c1ccc(C(F)(F)F)nc1. The number of carbonyl (C=O) groups excluding carboxylic acids is 1. The molecule has 140 valence electrons. The minimum Gasteiger partial charge on any atom is -0.306 e. The summed E-state index contributed by atoms with van der Waals surface area (Å²) < 4.78 is 37.9. The highest BCUT2D eigenvalue weighted by atomic mass is 32.1. The van der Waals surface area contributed by atoms with Gasteiger partial charge in [-0.05, 0) is 35.7 Å². The van der Waals surface area contributed by atoms with Gasteiger partial charge >= 0.3 is 6.18 Å². The summed E-state index contributed by atoms with van der Waals surface area (Å²) in [6.07, 6.45) is -2.09. The predicted molar refractivity (Wildman–Crippen MR) is 97.8 cm³/mol. The van der Waals surface area contributed by atoms with E-state index in [0.29, 0.717) is 21.7 Å². The van der Waals surface area contributed by atoms with E-state index in [1.807, 2.05) is 0 Å². The summed E-state index contributed by atoms with van der Waals surface area (Å²) in [7, 11) is 0. The zero-order valence-electron chi connectivity index (χ0n) is 13.9. The largest absolute Gasteiger partial charge is 0.433 e. The quantitative estimate of drug-likeness (QED) is 0.550. The molecule has 10 heteroatoms. The van der Waals surface area contributed by atoms with Gasteiger partial charge < -0.3 is 5.32 Å². The lowest BCUT2D eigenvalue weighted by Crippen LogP contribution is -2.15. The maximum absolute atomic E-state index is 12.6. The molecule has 0 atom stereocenters. The van der Waals surface area contributed by atoms with Crippen molar-refractivity contribution in [3.8, 4) is 11.5 Å². The maximum atomic E-state index is 12.6. The molecule has 28 heavy (non-hydrogen) atoms. The highest BCUT2D eigenvalue weighted by Gasteiger charge is 2.32. The van der Waals surface area contributed by atoms with Gasteiger partial charge in [0.25, 0.3) is 5.91 Å². The summed E-state index contributed by atoms with van der Waals surface area (Å²) in [4.78, 5) is 29.4. The molecule has 4 heterocycles. The van der Waals surface area contributed by atoms with Crippen LogP contribution in [0.4, 0.5) is 19.0 Å². The number of nitrogens with one attached hydrogen (secondary N) is 1. The maximum Gasteiger partial charge on any atom is 0.433 e. The Morgan fingerprint density at radius 1 is 1.04 bits per heavy atom. The van der Waals surface area contributed by atoms with Crippen LogP contribution in [0.25, 0.3) is 21.7 Å². The van der Waals surface area contributed by atoms with E-state index in [9.17, 15) is 18.0 Å². The Balaban J connectivity index is 1.67. The molecule has 0 spiro atoms. The first-order valence-corrected chi connectivity index (χ1v) is 8.81. The van der Waals surface area contributed by atoms with Crippen molar-refractivity contribution >= 4 is 33.3 Å². The van der Waals surface area contributed by atoms with Crippen molar-refractivity contribution in [2.45, 2.75) is 6.18 Å². The number of aromatic nitrogens is 4. The lowest BCUT2D eigenvalue weighted by Gasteiger charge is -2.09. The number of alkyl halides is 3. The third kappa shape index (κ3) is 3.54. The van der Waals surface area contributed by atoms with Crippen LogP contribution in [0.1, 0.15) is 16.1 Å². The molecule has 4 rings (SSSR count). The van der Waals surface area contributed by atoms with Gasteiger partial charge in [0.2, 0.25) is 0 Å². The van der Waals surface area contributed by atoms with Crippen LogP contribution in [-0.2, 0) is 6.18 Å². The second kappa shape index (κ2) is 6.97. The third-order valence-corrected chi connectivity index (χ3v) is 4.57. The molecule has 0 aromatic carbocycles. The van der Waals surface area contributed by atoms with E-state index in [0.717, 1.165) is 18.3 Å². The lowest BCUT2D eigenvalue weighted by atomic mass is 10.2. The highest BCUT2D eigenvalue weighted by molar-refractivity contribution is 7.16. The van der Waals surface area contributed by atoms with Gasteiger partial charge in [-0.2, -0.15) is 13.2 Å². The van der Waals surface area contributed by atoms with Gasteiger partial charge in [-0.15, -0.1) is 11.3 Å². The summed E-state index contributed by atoms with van der Waals surface area (Å²) in [5, 5.41) is 5.05. The fraction of sp³-hybridized carbons (Fsp3) is 0.0556. The van der Waals surface area contributed by atoms with Crippen LogP contribution < -0.4 is 5.32 Å². The summed E-state index contributed by atoms with van der Waals surface area (Å²) >= 11 is 1.37. The normalized spacial score (nSPS) is 11.5. The molecule has 0 aliphatic rings. The number of pyridine rings is 2. The molecule has 4 aromatic heterocycles. The highest BCUT2D eigenvalue weighted by Crippen LogP contribution is 2.29. The topological polar surface area (TPSA) is 80.7 Å². The molecule has 0 radical (unpaired) electrons. The average molecular weight is 401 g/mol. The summed E-state index contributed by atoms with van der Waals surface area (Å²) in [6.45, 7) is 0. The molecular formula is C18H10F3N5OS. The molecular weight excluding hydrogens is 391 g/mol. The van der Waals surface area contributed by atoms with Gasteiger partial charge in [-0.3, -0.25) is 14.8 Å². The number of hydrogen-bond acceptors (Lipinski definition) is 6. The van der Waals surface area contributed by atoms with E-state index in [1.54, 1.807) is 35.8 Å². The van der Waals surface area contributed by atoms with E-state index < -0.39 is 17.8 Å². The molecule has 1 amide bonds. The molecule has 0 saturated heterocycles. The number of thiophene rings is 1. The number of fused-ring (bicyclic) bond motifs is 1. The number of rotatable bonds is 3. The van der Waals surface area contributed by atoms with Crippen molar-refractivity contribution in [3.05, 3.63) is 65.4 Å². The predicted octanol–water partition coefficient (Wildman–Crippen LogP) is 4.42. The van der Waals surface area contributed by atoms with Crippen LogP contribution >= 0.6 is 11.3 Å². The van der Waals surface area contributed by atoms with Crippen molar-refractivity contribution in [1.29, 1.82) is 0 Å². The van der Waals surface area contributed by atoms with Gasteiger partial charge in [0.05, 0.1) is 10.9 Å². The summed E-state index contributed by atoms with van der Waals surface area (Å²) in [5.41, 5.74) is -0.553. The van der Waals surface area contributed by atoms with Crippen molar-refractivity contribution in [3.63, 3.8) is 0 Å². The zero-order chi connectivity index (χ0) is 19.7. The van der Waals surface area contributed by atoms with Crippen molar-refractivity contribution < 1.29 is 18.0 Å². The third-order valence-electron chi connectivity index (χ3n) is 3.77. The Morgan fingerprint density at radius 2 is 1.89 bits per heavy atom. The van der Waals surface area contributed by atoms with Crippen molar-refractivity contribution in [1.82, 2.24) is 19.9 Å². The first-order chi connectivity index (χ1) is 13.4. The number of nitrogens with zero attached hydrogens (tertiary/aromatic N) is 4. The Kier molecular flexibility index (Phi) is 4.47.